The van der Waals surface area contributed by atoms with E-state index in [-0.39, 0.29) is 11.3 Å². The number of benzene rings is 1. The van der Waals surface area contributed by atoms with Gasteiger partial charge in [0, 0.05) is 10.7 Å². The minimum Gasteiger partial charge on any atom is -0.452 e. The Morgan fingerprint density at radius 1 is 1.36 bits per heavy atom. The van der Waals surface area contributed by atoms with Crippen molar-refractivity contribution in [1.29, 1.82) is 0 Å². The molecule has 28 heavy (non-hydrogen) atoms. The Bertz CT molecular complexity index is 835. The van der Waals surface area contributed by atoms with Crippen LogP contribution in [0.3, 0.4) is 0 Å². The first kappa shape index (κ1) is 19.9. The number of hydrazine groups is 1. The Morgan fingerprint density at radius 2 is 2.04 bits per heavy atom. The number of nitrogens with one attached hydrogen (secondary N) is 2. The van der Waals surface area contributed by atoms with Crippen LogP contribution in [-0.2, 0) is 14.3 Å². The summed E-state index contributed by atoms with van der Waals surface area (Å²) >= 11 is 5.77. The second-order valence-corrected chi connectivity index (χ2v) is 7.61. The van der Waals surface area contributed by atoms with E-state index in [0.29, 0.717) is 28.8 Å². The van der Waals surface area contributed by atoms with Gasteiger partial charge in [0.15, 0.2) is 6.61 Å². The predicted octanol–water partition coefficient (Wildman–Crippen LogP) is 1.61. The third kappa shape index (κ3) is 3.89. The number of ether oxygens (including phenoxy) is 1. The zero-order chi connectivity index (χ0) is 20.5. The molecule has 3 rings (SSSR count). The lowest BCUT2D eigenvalue weighted by Crippen LogP contribution is -2.52. The number of anilines is 1. The van der Waals surface area contributed by atoms with Crippen molar-refractivity contribution in [2.75, 3.05) is 12.3 Å². The van der Waals surface area contributed by atoms with Gasteiger partial charge in [-0.25, -0.2) is 9.59 Å². The molecular formula is C18H21ClN4O5. The van der Waals surface area contributed by atoms with Crippen LogP contribution >= 0.6 is 11.6 Å². The first-order valence-corrected chi connectivity index (χ1v) is 9.28. The molecule has 0 radical (unpaired) electrons. The zero-order valence-corrected chi connectivity index (χ0v) is 16.0. The number of hydrogen-bond acceptors (Lipinski definition) is 6. The number of esters is 1. The summed E-state index contributed by atoms with van der Waals surface area (Å²) < 4.78 is 4.90. The number of nitrogen functional groups attached to an aromatic ring is 1. The van der Waals surface area contributed by atoms with Gasteiger partial charge in [0.1, 0.15) is 5.54 Å². The molecule has 1 aromatic rings. The lowest BCUT2D eigenvalue weighted by Gasteiger charge is -2.33. The van der Waals surface area contributed by atoms with E-state index < -0.39 is 36.0 Å². The summed E-state index contributed by atoms with van der Waals surface area (Å²) in [5.41, 5.74) is 7.09. The van der Waals surface area contributed by atoms with Crippen molar-refractivity contribution in [3.63, 3.8) is 0 Å². The van der Waals surface area contributed by atoms with E-state index in [1.54, 1.807) is 0 Å². The second kappa shape index (κ2) is 7.67. The first-order valence-electron chi connectivity index (χ1n) is 8.90. The molecule has 150 valence electrons. The van der Waals surface area contributed by atoms with Crippen LogP contribution in [0.4, 0.5) is 10.5 Å². The van der Waals surface area contributed by atoms with Gasteiger partial charge < -0.3 is 15.8 Å². The summed E-state index contributed by atoms with van der Waals surface area (Å²) in [7, 11) is 0. The third-order valence-corrected chi connectivity index (χ3v) is 5.33. The molecule has 1 saturated heterocycles. The van der Waals surface area contributed by atoms with E-state index in [1.165, 1.54) is 18.2 Å². The fourth-order valence-corrected chi connectivity index (χ4v) is 3.58. The fourth-order valence-electron chi connectivity index (χ4n) is 3.40. The Morgan fingerprint density at radius 3 is 2.68 bits per heavy atom. The van der Waals surface area contributed by atoms with Crippen molar-refractivity contribution in [1.82, 2.24) is 15.8 Å². The topological polar surface area (TPSA) is 131 Å². The number of amides is 4. The molecule has 0 bridgehead atoms. The molecule has 1 aromatic carbocycles. The molecular weight excluding hydrogens is 388 g/mol. The molecule has 1 heterocycles. The maximum Gasteiger partial charge on any atom is 0.344 e. The summed E-state index contributed by atoms with van der Waals surface area (Å²) in [5.74, 6) is -1.64. The minimum absolute atomic E-state index is 0.0578. The molecule has 10 heteroatoms. The van der Waals surface area contributed by atoms with Gasteiger partial charge in [0.05, 0.1) is 5.56 Å². The quantitative estimate of drug-likeness (QED) is 0.394. The van der Waals surface area contributed by atoms with Crippen molar-refractivity contribution in [2.45, 2.75) is 38.1 Å². The highest BCUT2D eigenvalue weighted by Crippen LogP contribution is 2.35. The highest BCUT2D eigenvalue weighted by atomic mass is 35.5. The SMILES string of the molecule is CC1CCC2(CC1)NC(=O)N(NC(=O)COC(=O)c1ccc(Cl)cc1N)C2=O. The molecule has 0 unspecified atom stereocenters. The minimum atomic E-state index is -0.967. The molecule has 1 saturated carbocycles. The van der Waals surface area contributed by atoms with Gasteiger partial charge in [-0.2, -0.15) is 5.01 Å². The number of urea groups is 1. The van der Waals surface area contributed by atoms with Gasteiger partial charge in [0.2, 0.25) is 0 Å². The van der Waals surface area contributed by atoms with Gasteiger partial charge in [-0.1, -0.05) is 18.5 Å². The lowest BCUT2D eigenvalue weighted by atomic mass is 9.77. The zero-order valence-electron chi connectivity index (χ0n) is 15.3. The average molecular weight is 409 g/mol. The van der Waals surface area contributed by atoms with Crippen molar-refractivity contribution in [3.05, 3.63) is 28.8 Å². The van der Waals surface area contributed by atoms with Gasteiger partial charge in [0.25, 0.3) is 11.8 Å². The van der Waals surface area contributed by atoms with Gasteiger partial charge in [-0.3, -0.25) is 15.0 Å². The second-order valence-electron chi connectivity index (χ2n) is 7.18. The molecule has 4 N–H and O–H groups in total. The highest BCUT2D eigenvalue weighted by Gasteiger charge is 2.52. The number of nitrogens with zero attached hydrogens (tertiary/aromatic N) is 1. The molecule has 9 nitrogen and oxygen atoms in total. The van der Waals surface area contributed by atoms with Crippen molar-refractivity contribution in [3.8, 4) is 0 Å². The van der Waals surface area contributed by atoms with Crippen LogP contribution in [0.1, 0.15) is 43.0 Å². The van der Waals surface area contributed by atoms with E-state index >= 15 is 0 Å². The number of carbonyl (C=O) groups excluding carboxylic acids is 4. The van der Waals surface area contributed by atoms with E-state index in [1.807, 2.05) is 0 Å². The molecule has 4 amide bonds. The van der Waals surface area contributed by atoms with Crippen molar-refractivity contribution >= 4 is 41.1 Å². The smallest absolute Gasteiger partial charge is 0.344 e. The van der Waals surface area contributed by atoms with Crippen LogP contribution in [0, 0.1) is 5.92 Å². The van der Waals surface area contributed by atoms with E-state index in [9.17, 15) is 19.2 Å². The van der Waals surface area contributed by atoms with Crippen LogP contribution in [-0.4, -0.2) is 41.0 Å². The number of nitrogens with two attached hydrogens (primary N) is 1. The summed E-state index contributed by atoms with van der Waals surface area (Å²) in [6.45, 7) is 1.41. The van der Waals surface area contributed by atoms with E-state index in [0.717, 1.165) is 12.8 Å². The van der Waals surface area contributed by atoms with E-state index in [4.69, 9.17) is 22.1 Å². The molecule has 0 atom stereocenters. The maximum absolute atomic E-state index is 12.7. The normalized spacial score (nSPS) is 24.2. The molecule has 2 fully saturated rings. The Labute approximate surface area is 166 Å². The predicted molar refractivity (Wildman–Crippen MR) is 100 cm³/mol. The first-order chi connectivity index (χ1) is 13.2. The highest BCUT2D eigenvalue weighted by molar-refractivity contribution is 6.31. The lowest BCUT2D eigenvalue weighted by molar-refractivity contribution is -0.141. The van der Waals surface area contributed by atoms with Gasteiger partial charge >= 0.3 is 12.0 Å². The van der Waals surface area contributed by atoms with Crippen LogP contribution < -0.4 is 16.5 Å². The molecule has 0 aromatic heterocycles. The summed E-state index contributed by atoms with van der Waals surface area (Å²) in [6.07, 6.45) is 2.67. The summed E-state index contributed by atoms with van der Waals surface area (Å²) in [4.78, 5) is 48.9. The van der Waals surface area contributed by atoms with Gasteiger partial charge in [-0.05, 0) is 49.8 Å². The summed E-state index contributed by atoms with van der Waals surface area (Å²) in [5, 5.41) is 3.70. The van der Waals surface area contributed by atoms with Crippen molar-refractivity contribution < 1.29 is 23.9 Å². The Kier molecular flexibility index (Phi) is 5.46. The molecule has 1 aliphatic heterocycles. The maximum atomic E-state index is 12.7. The van der Waals surface area contributed by atoms with Crippen LogP contribution in [0.15, 0.2) is 18.2 Å². The number of carbonyl (C=O) groups is 4. The van der Waals surface area contributed by atoms with Crippen LogP contribution in [0.25, 0.3) is 0 Å². The third-order valence-electron chi connectivity index (χ3n) is 5.09. The molecule has 1 spiro atoms. The molecule has 1 aliphatic carbocycles. The summed E-state index contributed by atoms with van der Waals surface area (Å²) in [6, 6.07) is 3.53. The number of hydrogen-bond donors (Lipinski definition) is 3. The Hall–Kier alpha value is -2.81. The number of rotatable bonds is 4. The van der Waals surface area contributed by atoms with E-state index in [2.05, 4.69) is 17.7 Å². The average Bonchev–Trinajstić information content (AvgIpc) is 2.86. The van der Waals surface area contributed by atoms with Crippen molar-refractivity contribution in [2.24, 2.45) is 5.92 Å². The number of halogens is 1. The fraction of sp³-hybridized carbons (Fsp3) is 0.444. The number of imide groups is 1. The molecule has 2 aliphatic rings. The van der Waals surface area contributed by atoms with Gasteiger partial charge in [-0.15, -0.1) is 0 Å². The largest absolute Gasteiger partial charge is 0.452 e. The monoisotopic (exact) mass is 408 g/mol. The van der Waals surface area contributed by atoms with Crippen LogP contribution in [0.5, 0.6) is 0 Å². The Balaban J connectivity index is 1.57. The van der Waals surface area contributed by atoms with Crippen LogP contribution in [0.2, 0.25) is 5.02 Å². The standard InChI is InChI=1S/C18H21ClN4O5/c1-10-4-6-18(7-5-10)16(26)23(17(27)21-18)22-14(24)9-28-15(25)12-3-2-11(19)8-13(12)20/h2-3,8,10H,4-7,9,20H2,1H3,(H,21,27)(H,22,24).